The number of alkyl halides is 1. The van der Waals surface area contributed by atoms with E-state index in [9.17, 15) is 0 Å². The summed E-state index contributed by atoms with van der Waals surface area (Å²) >= 11 is 1.82. The molecule has 1 unspecified atom stereocenters. The number of fused-ring (bicyclic) bond motifs is 12. The number of halogens is 1. The van der Waals surface area contributed by atoms with Gasteiger partial charge in [0.05, 0.1) is 5.65 Å². The van der Waals surface area contributed by atoms with Crippen LogP contribution in [-0.2, 0) is 26.5 Å². The molecule has 0 N–H and O–H groups in total. The van der Waals surface area contributed by atoms with E-state index in [1.54, 1.807) is 12.4 Å². The average Bonchev–Trinajstić information content (AvgIpc) is 3.75. The molecule has 1 atom stereocenters. The smallest absolute Gasteiger partial charge is 0.340 e. The number of hydrogen-bond donors (Lipinski definition) is 0. The molecule has 1 aliphatic heterocycles. The minimum absolute atomic E-state index is 0. The molecule has 5 heterocycles. The Bertz CT molecular complexity index is 2770. The first kappa shape index (κ1) is 30.3. The standard InChI is InChI=1S/C42H27FN4S.Pt/c1-42(2)31-10-4-6-12-35(31)48-36-19-18-33-38(39(36)42)29-17-15-26(24-34(29)47(33)37-13-7-8-20-44-37)40(43)25-14-16-27-28-9-3-5-11-32(28)46-22-21-45-41(46)30(27)23-25;/h3-22,40H,1-2H3;/q-2;+2. The van der Waals surface area contributed by atoms with Gasteiger partial charge in [0.2, 0.25) is 0 Å². The Balaban J connectivity index is 0.00000325. The van der Waals surface area contributed by atoms with E-state index in [1.165, 1.54) is 20.9 Å². The molecule has 9 aromatic rings. The van der Waals surface area contributed by atoms with Crippen LogP contribution in [0.1, 0.15) is 42.3 Å². The predicted molar refractivity (Wildman–Crippen MR) is 192 cm³/mol. The molecule has 1 aliphatic rings. The van der Waals surface area contributed by atoms with Crippen LogP contribution < -0.4 is 0 Å². The van der Waals surface area contributed by atoms with E-state index in [-0.39, 0.29) is 26.5 Å². The van der Waals surface area contributed by atoms with Crippen molar-refractivity contribution in [1.82, 2.24) is 18.9 Å². The number of rotatable bonds is 3. The Kier molecular flexibility index (Phi) is 6.88. The second-order valence-corrected chi connectivity index (χ2v) is 14.0. The van der Waals surface area contributed by atoms with Crippen molar-refractivity contribution in [3.63, 3.8) is 0 Å². The van der Waals surface area contributed by atoms with E-state index in [0.29, 0.717) is 11.1 Å². The molecule has 0 amide bonds. The Hall–Kier alpha value is -4.77. The third-order valence-corrected chi connectivity index (χ3v) is 11.1. The summed E-state index contributed by atoms with van der Waals surface area (Å²) in [5, 5.41) is 5.07. The van der Waals surface area contributed by atoms with Crippen molar-refractivity contribution in [2.24, 2.45) is 0 Å². The fourth-order valence-corrected chi connectivity index (χ4v) is 9.16. The van der Waals surface area contributed by atoms with Gasteiger partial charge in [0.25, 0.3) is 0 Å². The summed E-state index contributed by atoms with van der Waals surface area (Å²) in [6.07, 6.45) is 4.08. The molecule has 0 fully saturated rings. The van der Waals surface area contributed by atoms with Crippen LogP contribution in [0, 0.1) is 12.1 Å². The van der Waals surface area contributed by atoms with Gasteiger partial charge in [0.15, 0.2) is 0 Å². The number of benzene rings is 5. The molecule has 0 spiro atoms. The van der Waals surface area contributed by atoms with Gasteiger partial charge < -0.3 is 8.97 Å². The monoisotopic (exact) mass is 833 g/mol. The molecule has 49 heavy (non-hydrogen) atoms. The van der Waals surface area contributed by atoms with Gasteiger partial charge in [-0.15, -0.1) is 29.1 Å². The number of para-hydroxylation sites is 1. The average molecular weight is 834 g/mol. The fourth-order valence-electron chi connectivity index (χ4n) is 7.75. The van der Waals surface area contributed by atoms with Gasteiger partial charge in [-0.25, -0.2) is 9.37 Å². The van der Waals surface area contributed by atoms with Gasteiger partial charge in [-0.3, -0.25) is 4.98 Å². The number of pyridine rings is 2. The van der Waals surface area contributed by atoms with Gasteiger partial charge in [0.1, 0.15) is 12.0 Å². The number of imidazole rings is 1. The first-order valence-electron chi connectivity index (χ1n) is 16.1. The predicted octanol–water partition coefficient (Wildman–Crippen LogP) is 10.6. The van der Waals surface area contributed by atoms with Crippen molar-refractivity contribution >= 4 is 60.9 Å². The van der Waals surface area contributed by atoms with Crippen LogP contribution in [0.15, 0.2) is 132 Å². The largest absolute Gasteiger partial charge is 2.00 e. The third-order valence-electron chi connectivity index (χ3n) is 9.94. The van der Waals surface area contributed by atoms with E-state index < -0.39 is 6.17 Å². The van der Waals surface area contributed by atoms with Gasteiger partial charge in [-0.2, -0.15) is 18.2 Å². The van der Waals surface area contributed by atoms with Crippen LogP contribution in [0.3, 0.4) is 0 Å². The molecular weight excluding hydrogens is 807 g/mol. The zero-order valence-corrected chi connectivity index (χ0v) is 29.6. The van der Waals surface area contributed by atoms with E-state index in [2.05, 4.69) is 90.1 Å². The van der Waals surface area contributed by atoms with Gasteiger partial charge in [0, 0.05) is 44.8 Å². The number of nitrogens with zero attached hydrogens (tertiary/aromatic N) is 4. The third kappa shape index (κ3) is 4.33. The first-order valence-corrected chi connectivity index (χ1v) is 16.9. The second-order valence-electron chi connectivity index (χ2n) is 13.0. The number of aromatic nitrogens is 4. The molecule has 0 saturated heterocycles. The molecule has 0 bridgehead atoms. The molecule has 10 rings (SSSR count). The van der Waals surface area contributed by atoms with Crippen LogP contribution in [0.5, 0.6) is 0 Å². The molecule has 0 aliphatic carbocycles. The van der Waals surface area contributed by atoms with Crippen LogP contribution in [0.4, 0.5) is 4.39 Å². The normalized spacial score (nSPS) is 14.3. The summed E-state index contributed by atoms with van der Waals surface area (Å²) in [4.78, 5) is 11.9. The summed E-state index contributed by atoms with van der Waals surface area (Å²) in [6, 6.07) is 42.0. The molecule has 238 valence electrons. The van der Waals surface area contributed by atoms with Crippen LogP contribution in [-0.4, -0.2) is 18.9 Å². The van der Waals surface area contributed by atoms with Crippen LogP contribution >= 0.6 is 11.8 Å². The molecular formula is C42H27FN4PtS. The van der Waals surface area contributed by atoms with Gasteiger partial charge in [-0.1, -0.05) is 89.9 Å². The van der Waals surface area contributed by atoms with Crippen molar-refractivity contribution in [1.29, 1.82) is 0 Å². The summed E-state index contributed by atoms with van der Waals surface area (Å²) < 4.78 is 21.0. The Morgan fingerprint density at radius 2 is 1.49 bits per heavy atom. The summed E-state index contributed by atoms with van der Waals surface area (Å²) in [5.41, 5.74) is 6.90. The fraction of sp³-hybridized carbons (Fsp3) is 0.0952. The SMILES string of the molecule is CC1(C)c2ccccc2Sc2ccc3c(c21)c1ccc(C(F)c2[c-]c4c(cc2)c2ccccc2n2ccnc42)[c-]c1n3-c1ccccn1.[Pt+2]. The van der Waals surface area contributed by atoms with Crippen LogP contribution in [0.2, 0.25) is 0 Å². The van der Waals surface area contributed by atoms with Crippen molar-refractivity contribution in [2.45, 2.75) is 35.2 Å². The second kappa shape index (κ2) is 11.1. The maximum atomic E-state index is 16.8. The summed E-state index contributed by atoms with van der Waals surface area (Å²) in [5.74, 6) is 0.772. The zero-order chi connectivity index (χ0) is 32.1. The van der Waals surface area contributed by atoms with Crippen molar-refractivity contribution in [3.8, 4) is 5.82 Å². The molecule has 7 heteroatoms. The van der Waals surface area contributed by atoms with Crippen molar-refractivity contribution in [3.05, 3.63) is 156 Å². The molecule has 5 aromatic carbocycles. The maximum Gasteiger partial charge on any atom is 2.00 e. The quantitative estimate of drug-likeness (QED) is 0.131. The minimum atomic E-state index is -1.44. The van der Waals surface area contributed by atoms with E-state index in [0.717, 1.165) is 54.9 Å². The summed E-state index contributed by atoms with van der Waals surface area (Å²) in [7, 11) is 0. The molecule has 4 nitrogen and oxygen atoms in total. The first-order chi connectivity index (χ1) is 23.5. The van der Waals surface area contributed by atoms with Gasteiger partial charge in [-0.05, 0) is 58.3 Å². The van der Waals surface area contributed by atoms with E-state index in [4.69, 9.17) is 4.98 Å². The van der Waals surface area contributed by atoms with Gasteiger partial charge >= 0.3 is 21.1 Å². The number of hydrogen-bond acceptors (Lipinski definition) is 3. The minimum Gasteiger partial charge on any atom is -0.340 e. The van der Waals surface area contributed by atoms with Crippen molar-refractivity contribution in [2.75, 3.05) is 0 Å². The molecule has 0 saturated carbocycles. The maximum absolute atomic E-state index is 16.8. The molecule has 0 radical (unpaired) electrons. The zero-order valence-electron chi connectivity index (χ0n) is 26.5. The topological polar surface area (TPSA) is 35.1 Å². The Morgan fingerprint density at radius 1 is 0.714 bits per heavy atom. The van der Waals surface area contributed by atoms with Crippen LogP contribution in [0.25, 0.3) is 54.9 Å². The summed E-state index contributed by atoms with van der Waals surface area (Å²) in [6.45, 7) is 4.61. The van der Waals surface area contributed by atoms with E-state index >= 15 is 4.39 Å². The van der Waals surface area contributed by atoms with E-state index in [1.807, 2.05) is 70.9 Å². The molecule has 4 aromatic heterocycles. The Labute approximate surface area is 300 Å². The Morgan fingerprint density at radius 3 is 2.35 bits per heavy atom. The van der Waals surface area contributed by atoms with Crippen molar-refractivity contribution < 1.29 is 25.5 Å².